The molecule has 0 aliphatic carbocycles. The number of likely N-dealkylation sites (tertiary alicyclic amines) is 1. The highest BCUT2D eigenvalue weighted by Gasteiger charge is 2.33. The van der Waals surface area contributed by atoms with Crippen LogP contribution in [0.4, 0.5) is 0 Å². The molecule has 0 aromatic carbocycles. The van der Waals surface area contributed by atoms with Gasteiger partial charge < -0.3 is 20.8 Å². The summed E-state index contributed by atoms with van der Waals surface area (Å²) < 4.78 is 0. The highest BCUT2D eigenvalue weighted by Crippen LogP contribution is 2.14. The third-order valence-corrected chi connectivity index (χ3v) is 2.22. The maximum Gasteiger partial charge on any atom is 0.224 e. The molecule has 0 bridgehead atoms. The van der Waals surface area contributed by atoms with Crippen molar-refractivity contribution in [1.82, 2.24) is 4.90 Å². The number of β-amino-alcohol motifs (C(OH)–C–C–N with tert-alkyl or cyclic N) is 2. The van der Waals surface area contributed by atoms with E-state index in [1.54, 1.807) is 13.8 Å². The van der Waals surface area contributed by atoms with E-state index in [0.29, 0.717) is 0 Å². The van der Waals surface area contributed by atoms with Gasteiger partial charge in [0.05, 0.1) is 12.2 Å². The van der Waals surface area contributed by atoms with Gasteiger partial charge in [-0.15, -0.1) is 0 Å². The quantitative estimate of drug-likeness (QED) is 0.518. The molecule has 1 rings (SSSR count). The molecule has 0 unspecified atom stereocenters. The summed E-state index contributed by atoms with van der Waals surface area (Å²) in [5.74, 6) is -0.117. The predicted molar refractivity (Wildman–Crippen MR) is 51.5 cm³/mol. The number of carbonyl (C=O) groups is 1. The number of nitrogens with two attached hydrogens (primary N) is 1. The van der Waals surface area contributed by atoms with Crippen LogP contribution >= 0.6 is 0 Å². The van der Waals surface area contributed by atoms with Crippen molar-refractivity contribution in [2.75, 3.05) is 13.1 Å². The van der Waals surface area contributed by atoms with Crippen molar-refractivity contribution in [2.24, 2.45) is 5.73 Å². The van der Waals surface area contributed by atoms with Crippen LogP contribution in [0.2, 0.25) is 0 Å². The Morgan fingerprint density at radius 3 is 2.21 bits per heavy atom. The third-order valence-electron chi connectivity index (χ3n) is 2.22. The molecular formula is C9H18N2O3. The monoisotopic (exact) mass is 202 g/mol. The number of hydrogen-bond acceptors (Lipinski definition) is 4. The zero-order valence-corrected chi connectivity index (χ0v) is 8.60. The molecule has 1 saturated heterocycles. The molecular weight excluding hydrogens is 184 g/mol. The van der Waals surface area contributed by atoms with Crippen LogP contribution in [0.25, 0.3) is 0 Å². The second-order valence-corrected chi connectivity index (χ2v) is 4.60. The van der Waals surface area contributed by atoms with Gasteiger partial charge in [0.25, 0.3) is 0 Å². The van der Waals surface area contributed by atoms with Crippen LogP contribution in [0.1, 0.15) is 20.3 Å². The van der Waals surface area contributed by atoms with Crippen molar-refractivity contribution in [3.05, 3.63) is 0 Å². The van der Waals surface area contributed by atoms with Crippen molar-refractivity contribution in [3.63, 3.8) is 0 Å². The fourth-order valence-electron chi connectivity index (χ4n) is 1.47. The van der Waals surface area contributed by atoms with Crippen LogP contribution in [-0.4, -0.2) is 51.9 Å². The SMILES string of the molecule is CC(C)(N)CC(=O)N1C[C@@H](O)[C@@H](O)C1. The largest absolute Gasteiger partial charge is 0.388 e. The minimum atomic E-state index is -0.820. The first-order valence-electron chi connectivity index (χ1n) is 4.72. The van der Waals surface area contributed by atoms with Gasteiger partial charge in [0, 0.05) is 25.0 Å². The Bertz CT molecular complexity index is 215. The molecule has 0 spiro atoms. The predicted octanol–water partition coefficient (Wildman–Crippen LogP) is -1.32. The summed E-state index contributed by atoms with van der Waals surface area (Å²) in [7, 11) is 0. The average molecular weight is 202 g/mol. The highest BCUT2D eigenvalue weighted by molar-refractivity contribution is 5.77. The zero-order chi connectivity index (χ0) is 10.9. The van der Waals surface area contributed by atoms with Gasteiger partial charge in [-0.3, -0.25) is 4.79 Å². The Kier molecular flexibility index (Phi) is 3.14. The zero-order valence-electron chi connectivity index (χ0n) is 8.60. The van der Waals surface area contributed by atoms with Crippen molar-refractivity contribution < 1.29 is 15.0 Å². The highest BCUT2D eigenvalue weighted by atomic mass is 16.3. The number of nitrogens with zero attached hydrogens (tertiary/aromatic N) is 1. The molecule has 0 saturated carbocycles. The van der Waals surface area contributed by atoms with Crippen molar-refractivity contribution in [3.8, 4) is 0 Å². The van der Waals surface area contributed by atoms with Gasteiger partial charge >= 0.3 is 0 Å². The molecule has 1 aliphatic heterocycles. The van der Waals surface area contributed by atoms with E-state index in [0.717, 1.165) is 0 Å². The number of amides is 1. The minimum Gasteiger partial charge on any atom is -0.388 e. The van der Waals surface area contributed by atoms with Gasteiger partial charge in [-0.25, -0.2) is 0 Å². The van der Waals surface area contributed by atoms with Crippen LogP contribution < -0.4 is 5.73 Å². The lowest BCUT2D eigenvalue weighted by Gasteiger charge is -2.22. The summed E-state index contributed by atoms with van der Waals surface area (Å²) in [6.45, 7) is 3.95. The number of aliphatic hydroxyl groups excluding tert-OH is 2. The van der Waals surface area contributed by atoms with E-state index < -0.39 is 17.7 Å². The first-order chi connectivity index (χ1) is 6.29. The fraction of sp³-hybridized carbons (Fsp3) is 0.889. The van der Waals surface area contributed by atoms with E-state index >= 15 is 0 Å². The van der Waals surface area contributed by atoms with Crippen LogP contribution in [0.5, 0.6) is 0 Å². The molecule has 0 aromatic heterocycles. The standard InChI is InChI=1S/C9H18N2O3/c1-9(2,10)3-8(14)11-4-6(12)7(13)5-11/h6-7,12-13H,3-5,10H2,1-2H3/t6-,7+. The second-order valence-electron chi connectivity index (χ2n) is 4.60. The van der Waals surface area contributed by atoms with Crippen molar-refractivity contribution in [2.45, 2.75) is 38.0 Å². The minimum absolute atomic E-state index is 0.117. The topological polar surface area (TPSA) is 86.8 Å². The molecule has 0 aromatic rings. The first-order valence-corrected chi connectivity index (χ1v) is 4.72. The van der Waals surface area contributed by atoms with E-state index in [1.165, 1.54) is 4.90 Å². The van der Waals surface area contributed by atoms with E-state index in [-0.39, 0.29) is 25.4 Å². The molecule has 5 nitrogen and oxygen atoms in total. The van der Waals surface area contributed by atoms with Crippen molar-refractivity contribution >= 4 is 5.91 Å². The number of carbonyl (C=O) groups excluding carboxylic acids is 1. The van der Waals surface area contributed by atoms with Gasteiger partial charge in [0.1, 0.15) is 0 Å². The average Bonchev–Trinajstić information content (AvgIpc) is 2.28. The molecule has 14 heavy (non-hydrogen) atoms. The number of hydrogen-bond donors (Lipinski definition) is 3. The molecule has 4 N–H and O–H groups in total. The molecule has 1 fully saturated rings. The summed E-state index contributed by atoms with van der Waals surface area (Å²) in [4.78, 5) is 13.0. The van der Waals surface area contributed by atoms with Gasteiger partial charge in [-0.05, 0) is 13.8 Å². The van der Waals surface area contributed by atoms with E-state index in [2.05, 4.69) is 0 Å². The van der Waals surface area contributed by atoms with E-state index in [9.17, 15) is 15.0 Å². The van der Waals surface area contributed by atoms with Crippen LogP contribution in [0.15, 0.2) is 0 Å². The Balaban J connectivity index is 2.48. The smallest absolute Gasteiger partial charge is 0.224 e. The molecule has 2 atom stereocenters. The Labute approximate surface area is 83.5 Å². The summed E-state index contributed by atoms with van der Waals surface area (Å²) in [6.07, 6.45) is -1.41. The molecule has 1 amide bonds. The molecule has 1 heterocycles. The molecule has 1 aliphatic rings. The summed E-state index contributed by atoms with van der Waals surface area (Å²) >= 11 is 0. The summed E-state index contributed by atoms with van der Waals surface area (Å²) in [6, 6.07) is 0. The van der Waals surface area contributed by atoms with Gasteiger partial charge in [-0.1, -0.05) is 0 Å². The maximum atomic E-state index is 11.6. The number of aliphatic hydroxyl groups is 2. The lowest BCUT2D eigenvalue weighted by molar-refractivity contribution is -0.131. The lowest BCUT2D eigenvalue weighted by Crippen LogP contribution is -2.40. The summed E-state index contributed by atoms with van der Waals surface area (Å²) in [5, 5.41) is 18.5. The second kappa shape index (κ2) is 3.84. The van der Waals surface area contributed by atoms with E-state index in [1.807, 2.05) is 0 Å². The lowest BCUT2D eigenvalue weighted by atomic mass is 10.0. The molecule has 5 heteroatoms. The van der Waals surface area contributed by atoms with Crippen LogP contribution in [-0.2, 0) is 4.79 Å². The third kappa shape index (κ3) is 2.94. The maximum absolute atomic E-state index is 11.6. The van der Waals surface area contributed by atoms with Gasteiger partial charge in [0.15, 0.2) is 0 Å². The van der Waals surface area contributed by atoms with E-state index in [4.69, 9.17) is 5.73 Å². The number of rotatable bonds is 2. The summed E-state index contributed by atoms with van der Waals surface area (Å²) in [5.41, 5.74) is 5.15. The van der Waals surface area contributed by atoms with Crippen LogP contribution in [0.3, 0.4) is 0 Å². The first kappa shape index (κ1) is 11.4. The normalized spacial score (nSPS) is 28.2. The Hall–Kier alpha value is -0.650. The molecule has 0 radical (unpaired) electrons. The fourth-order valence-corrected chi connectivity index (χ4v) is 1.47. The van der Waals surface area contributed by atoms with Crippen LogP contribution in [0, 0.1) is 0 Å². The Morgan fingerprint density at radius 2 is 1.86 bits per heavy atom. The van der Waals surface area contributed by atoms with Crippen molar-refractivity contribution in [1.29, 1.82) is 0 Å². The van der Waals surface area contributed by atoms with Gasteiger partial charge in [-0.2, -0.15) is 0 Å². The Morgan fingerprint density at radius 1 is 1.43 bits per heavy atom. The molecule has 82 valence electrons. The van der Waals surface area contributed by atoms with Gasteiger partial charge in [0.2, 0.25) is 5.91 Å².